The molecule has 1 aliphatic rings. The van der Waals surface area contributed by atoms with Crippen LogP contribution in [0.3, 0.4) is 0 Å². The number of hydrogen-bond acceptors (Lipinski definition) is 5. The van der Waals surface area contributed by atoms with Crippen LogP contribution in [0.15, 0.2) is 53.4 Å². The minimum absolute atomic E-state index is 0.151. The minimum atomic E-state index is -3.47. The van der Waals surface area contributed by atoms with Crippen LogP contribution in [0.1, 0.15) is 38.7 Å². The van der Waals surface area contributed by atoms with Gasteiger partial charge in [-0.3, -0.25) is 4.79 Å². The SMILES string of the molecule is CCN(CC)CCOc1ccccc1NC(=O)Cc1ccc(S(=O)(=O)N2CCCCC2)cc1. The van der Waals surface area contributed by atoms with Crippen LogP contribution in [0.4, 0.5) is 5.69 Å². The third kappa shape index (κ3) is 7.03. The number of rotatable bonds is 11. The number of amides is 1. The fraction of sp³-hybridized carbons (Fsp3) is 0.480. The predicted octanol–water partition coefficient (Wildman–Crippen LogP) is 3.76. The van der Waals surface area contributed by atoms with E-state index in [1.807, 2.05) is 24.3 Å². The van der Waals surface area contributed by atoms with Crippen LogP contribution in [0.25, 0.3) is 0 Å². The van der Waals surface area contributed by atoms with Crippen molar-refractivity contribution in [2.24, 2.45) is 0 Å². The maximum Gasteiger partial charge on any atom is 0.243 e. The lowest BCUT2D eigenvalue weighted by atomic mass is 10.1. The van der Waals surface area contributed by atoms with Crippen molar-refractivity contribution in [3.05, 3.63) is 54.1 Å². The molecule has 1 saturated heterocycles. The van der Waals surface area contributed by atoms with Crippen LogP contribution in [-0.4, -0.2) is 62.9 Å². The Labute approximate surface area is 197 Å². The maximum absolute atomic E-state index is 12.8. The largest absolute Gasteiger partial charge is 0.490 e. The number of para-hydroxylation sites is 2. The summed E-state index contributed by atoms with van der Waals surface area (Å²) in [6, 6.07) is 14.0. The van der Waals surface area contributed by atoms with Crippen LogP contribution in [0.5, 0.6) is 5.75 Å². The summed E-state index contributed by atoms with van der Waals surface area (Å²) in [4.78, 5) is 15.2. The average molecular weight is 474 g/mol. The Bertz CT molecular complexity index is 999. The highest BCUT2D eigenvalue weighted by molar-refractivity contribution is 7.89. The third-order valence-electron chi connectivity index (χ3n) is 5.96. The quantitative estimate of drug-likeness (QED) is 0.538. The number of carbonyl (C=O) groups excluding carboxylic acids is 1. The first-order valence-electron chi connectivity index (χ1n) is 11.8. The summed E-state index contributed by atoms with van der Waals surface area (Å²) in [5.41, 5.74) is 1.39. The Morgan fingerprint density at radius 2 is 1.67 bits per heavy atom. The van der Waals surface area contributed by atoms with Gasteiger partial charge in [-0.2, -0.15) is 4.31 Å². The van der Waals surface area contributed by atoms with Gasteiger partial charge in [0.15, 0.2) is 0 Å². The molecule has 1 amide bonds. The van der Waals surface area contributed by atoms with Crippen molar-refractivity contribution in [2.75, 3.05) is 44.6 Å². The van der Waals surface area contributed by atoms with Gasteiger partial charge in [-0.05, 0) is 55.8 Å². The Kier molecular flexibility index (Phi) is 9.29. The number of anilines is 1. The maximum atomic E-state index is 12.8. The van der Waals surface area contributed by atoms with E-state index in [1.54, 1.807) is 28.6 Å². The number of nitrogens with zero attached hydrogens (tertiary/aromatic N) is 2. The highest BCUT2D eigenvalue weighted by Gasteiger charge is 2.25. The zero-order chi connectivity index (χ0) is 23.7. The number of benzene rings is 2. The van der Waals surface area contributed by atoms with Gasteiger partial charge < -0.3 is 15.0 Å². The fourth-order valence-corrected chi connectivity index (χ4v) is 5.45. The van der Waals surface area contributed by atoms with E-state index in [9.17, 15) is 13.2 Å². The molecule has 2 aromatic rings. The van der Waals surface area contributed by atoms with Crippen molar-refractivity contribution in [3.63, 3.8) is 0 Å². The molecule has 2 aromatic carbocycles. The smallest absolute Gasteiger partial charge is 0.243 e. The molecule has 8 heteroatoms. The average Bonchev–Trinajstić information content (AvgIpc) is 2.84. The van der Waals surface area contributed by atoms with E-state index in [4.69, 9.17) is 4.74 Å². The first-order valence-corrected chi connectivity index (χ1v) is 13.2. The van der Waals surface area contributed by atoms with Crippen molar-refractivity contribution in [1.82, 2.24) is 9.21 Å². The zero-order valence-electron chi connectivity index (χ0n) is 19.6. The van der Waals surface area contributed by atoms with E-state index in [2.05, 4.69) is 24.1 Å². The van der Waals surface area contributed by atoms with E-state index in [1.165, 1.54) is 0 Å². The molecule has 7 nitrogen and oxygen atoms in total. The van der Waals surface area contributed by atoms with Gasteiger partial charge in [0.05, 0.1) is 17.0 Å². The van der Waals surface area contributed by atoms with E-state index < -0.39 is 10.0 Å². The number of ether oxygens (including phenoxy) is 1. The normalized spacial score (nSPS) is 14.9. The molecule has 0 saturated carbocycles. The van der Waals surface area contributed by atoms with Crippen molar-refractivity contribution in [3.8, 4) is 5.75 Å². The summed E-state index contributed by atoms with van der Waals surface area (Å²) >= 11 is 0. The molecule has 1 fully saturated rings. The van der Waals surface area contributed by atoms with Gasteiger partial charge in [0.2, 0.25) is 15.9 Å². The molecular weight excluding hydrogens is 438 g/mol. The second kappa shape index (κ2) is 12.2. The molecule has 1 heterocycles. The van der Waals surface area contributed by atoms with Crippen molar-refractivity contribution >= 4 is 21.6 Å². The van der Waals surface area contributed by atoms with Gasteiger partial charge in [-0.15, -0.1) is 0 Å². The highest BCUT2D eigenvalue weighted by Crippen LogP contribution is 2.24. The molecular formula is C25H35N3O4S. The Hall–Kier alpha value is -2.42. The number of sulfonamides is 1. The molecule has 3 rings (SSSR count). The number of piperidine rings is 1. The number of likely N-dealkylation sites (N-methyl/N-ethyl adjacent to an activating group) is 1. The number of nitrogens with one attached hydrogen (secondary N) is 1. The summed E-state index contributed by atoms with van der Waals surface area (Å²) in [5.74, 6) is 0.461. The zero-order valence-corrected chi connectivity index (χ0v) is 20.4. The summed E-state index contributed by atoms with van der Waals surface area (Å²) in [5, 5.41) is 2.92. The van der Waals surface area contributed by atoms with E-state index >= 15 is 0 Å². The van der Waals surface area contributed by atoms with Crippen LogP contribution >= 0.6 is 0 Å². The summed E-state index contributed by atoms with van der Waals surface area (Å²) in [7, 11) is -3.47. The van der Waals surface area contributed by atoms with Gasteiger partial charge in [-0.25, -0.2) is 8.42 Å². The molecule has 33 heavy (non-hydrogen) atoms. The van der Waals surface area contributed by atoms with E-state index in [0.29, 0.717) is 31.1 Å². The first kappa shape index (κ1) is 25.2. The van der Waals surface area contributed by atoms with Gasteiger partial charge in [0.1, 0.15) is 12.4 Å². The van der Waals surface area contributed by atoms with Crippen LogP contribution in [-0.2, 0) is 21.2 Å². The topological polar surface area (TPSA) is 79.0 Å². The molecule has 0 spiro atoms. The van der Waals surface area contributed by atoms with E-state index in [0.717, 1.165) is 44.5 Å². The molecule has 1 aliphatic heterocycles. The second-order valence-electron chi connectivity index (χ2n) is 8.21. The van der Waals surface area contributed by atoms with Gasteiger partial charge in [-0.1, -0.05) is 44.5 Å². The van der Waals surface area contributed by atoms with Gasteiger partial charge in [0.25, 0.3) is 0 Å². The van der Waals surface area contributed by atoms with Crippen molar-refractivity contribution in [1.29, 1.82) is 0 Å². The monoisotopic (exact) mass is 473 g/mol. The summed E-state index contributed by atoms with van der Waals surface area (Å²) in [6.07, 6.45) is 3.03. The molecule has 1 N–H and O–H groups in total. The van der Waals surface area contributed by atoms with Gasteiger partial charge in [0, 0.05) is 19.6 Å². The van der Waals surface area contributed by atoms with Crippen LogP contribution < -0.4 is 10.1 Å². The second-order valence-corrected chi connectivity index (χ2v) is 10.1. The van der Waals surface area contributed by atoms with E-state index in [-0.39, 0.29) is 17.2 Å². The van der Waals surface area contributed by atoms with Crippen molar-refractivity contribution < 1.29 is 17.9 Å². The Morgan fingerprint density at radius 3 is 2.33 bits per heavy atom. The number of carbonyl (C=O) groups is 1. The Balaban J connectivity index is 1.58. The third-order valence-corrected chi connectivity index (χ3v) is 7.87. The Morgan fingerprint density at radius 1 is 1.00 bits per heavy atom. The molecule has 0 aromatic heterocycles. The molecule has 0 aliphatic carbocycles. The standard InChI is InChI=1S/C25H35N3O4S/c1-3-27(4-2)18-19-32-24-11-7-6-10-23(24)26-25(29)20-21-12-14-22(15-13-21)33(30,31)28-16-8-5-9-17-28/h6-7,10-15H,3-5,8-9,16-20H2,1-2H3,(H,26,29). The van der Waals surface area contributed by atoms with Crippen molar-refractivity contribution in [2.45, 2.75) is 44.4 Å². The van der Waals surface area contributed by atoms with Crippen LogP contribution in [0, 0.1) is 0 Å². The molecule has 0 radical (unpaired) electrons. The lowest BCUT2D eigenvalue weighted by molar-refractivity contribution is -0.115. The molecule has 0 unspecified atom stereocenters. The fourth-order valence-electron chi connectivity index (χ4n) is 3.93. The van der Waals surface area contributed by atoms with Crippen LogP contribution in [0.2, 0.25) is 0 Å². The predicted molar refractivity (Wildman–Crippen MR) is 131 cm³/mol. The lowest BCUT2D eigenvalue weighted by Gasteiger charge is -2.25. The minimum Gasteiger partial charge on any atom is -0.490 e. The lowest BCUT2D eigenvalue weighted by Crippen LogP contribution is -2.35. The highest BCUT2D eigenvalue weighted by atomic mass is 32.2. The van der Waals surface area contributed by atoms with Gasteiger partial charge >= 0.3 is 0 Å². The first-order chi connectivity index (χ1) is 15.9. The summed E-state index contributed by atoms with van der Waals surface area (Å²) in [6.45, 7) is 8.68. The molecule has 180 valence electrons. The summed E-state index contributed by atoms with van der Waals surface area (Å²) < 4.78 is 33.0. The molecule has 0 atom stereocenters. The number of hydrogen-bond donors (Lipinski definition) is 1. The molecule has 0 bridgehead atoms.